The fourth-order valence-corrected chi connectivity index (χ4v) is 2.10. The Morgan fingerprint density at radius 3 is 2.32 bits per heavy atom. The molecule has 0 aliphatic carbocycles. The van der Waals surface area contributed by atoms with Crippen LogP contribution >= 0.6 is 11.6 Å². The summed E-state index contributed by atoms with van der Waals surface area (Å²) in [5, 5.41) is 5.84. The van der Waals surface area contributed by atoms with Crippen LogP contribution in [0.3, 0.4) is 0 Å². The van der Waals surface area contributed by atoms with E-state index in [2.05, 4.69) is 10.6 Å². The summed E-state index contributed by atoms with van der Waals surface area (Å²) < 4.78 is 10.5. The number of rotatable bonds is 8. The Morgan fingerprint density at radius 2 is 1.64 bits per heavy atom. The number of ether oxygens (including phenoxy) is 2. The second-order valence-corrected chi connectivity index (χ2v) is 5.56. The van der Waals surface area contributed by atoms with Crippen molar-refractivity contribution in [3.8, 4) is 11.5 Å². The lowest BCUT2D eigenvalue weighted by Gasteiger charge is -2.10. The predicted octanol–water partition coefficient (Wildman–Crippen LogP) is 2.16. The SMILES string of the molecule is COc1ccccc1OCC(=O)NCC(=O)NCc1ccc(Cl)cc1. The number of para-hydroxylation sites is 2. The van der Waals surface area contributed by atoms with Crippen molar-refractivity contribution < 1.29 is 19.1 Å². The van der Waals surface area contributed by atoms with E-state index >= 15 is 0 Å². The van der Waals surface area contributed by atoms with Gasteiger partial charge in [0.15, 0.2) is 18.1 Å². The molecule has 6 nitrogen and oxygen atoms in total. The molecule has 0 aliphatic heterocycles. The van der Waals surface area contributed by atoms with Gasteiger partial charge in [-0.3, -0.25) is 9.59 Å². The molecule has 25 heavy (non-hydrogen) atoms. The summed E-state index contributed by atoms with van der Waals surface area (Å²) in [4.78, 5) is 23.5. The molecule has 0 fully saturated rings. The van der Waals surface area contributed by atoms with E-state index in [1.807, 2.05) is 12.1 Å². The fraction of sp³-hybridized carbons (Fsp3) is 0.222. The highest BCUT2D eigenvalue weighted by atomic mass is 35.5. The van der Waals surface area contributed by atoms with Crippen LogP contribution in [0.1, 0.15) is 5.56 Å². The van der Waals surface area contributed by atoms with Crippen LogP contribution < -0.4 is 20.1 Å². The molecule has 0 radical (unpaired) electrons. The summed E-state index contributed by atoms with van der Waals surface area (Å²) in [6.45, 7) is 0.0378. The topological polar surface area (TPSA) is 76.7 Å². The average molecular weight is 363 g/mol. The van der Waals surface area contributed by atoms with Crippen molar-refractivity contribution >= 4 is 23.4 Å². The maximum Gasteiger partial charge on any atom is 0.258 e. The van der Waals surface area contributed by atoms with Gasteiger partial charge in [-0.05, 0) is 29.8 Å². The molecular formula is C18H19ClN2O4. The summed E-state index contributed by atoms with van der Waals surface area (Å²) in [6, 6.07) is 14.2. The molecule has 0 aromatic heterocycles. The Labute approximate surface area is 151 Å². The molecule has 0 heterocycles. The minimum Gasteiger partial charge on any atom is -0.493 e. The molecule has 2 N–H and O–H groups in total. The van der Waals surface area contributed by atoms with E-state index in [0.29, 0.717) is 23.1 Å². The minimum absolute atomic E-state index is 0.123. The van der Waals surface area contributed by atoms with Crippen LogP contribution in [0.15, 0.2) is 48.5 Å². The monoisotopic (exact) mass is 362 g/mol. The van der Waals surface area contributed by atoms with Gasteiger partial charge in [-0.15, -0.1) is 0 Å². The third-order valence-corrected chi connectivity index (χ3v) is 3.53. The van der Waals surface area contributed by atoms with Gasteiger partial charge in [0.1, 0.15) is 0 Å². The molecule has 2 rings (SSSR count). The molecule has 7 heteroatoms. The predicted molar refractivity (Wildman–Crippen MR) is 94.8 cm³/mol. The molecule has 2 amide bonds. The van der Waals surface area contributed by atoms with E-state index in [4.69, 9.17) is 21.1 Å². The number of benzene rings is 2. The van der Waals surface area contributed by atoms with E-state index in [-0.39, 0.29) is 19.1 Å². The molecule has 0 unspecified atom stereocenters. The zero-order valence-corrected chi connectivity index (χ0v) is 14.5. The maximum absolute atomic E-state index is 11.8. The van der Waals surface area contributed by atoms with Gasteiger partial charge in [0.2, 0.25) is 5.91 Å². The first-order valence-corrected chi connectivity index (χ1v) is 8.00. The number of nitrogens with one attached hydrogen (secondary N) is 2. The molecular weight excluding hydrogens is 344 g/mol. The molecule has 132 valence electrons. The van der Waals surface area contributed by atoms with E-state index in [1.165, 1.54) is 7.11 Å². The number of hydrogen-bond acceptors (Lipinski definition) is 4. The second-order valence-electron chi connectivity index (χ2n) is 5.12. The summed E-state index contributed by atoms with van der Waals surface area (Å²) in [5.74, 6) is 0.316. The summed E-state index contributed by atoms with van der Waals surface area (Å²) in [6.07, 6.45) is 0. The van der Waals surface area contributed by atoms with Crippen molar-refractivity contribution in [2.24, 2.45) is 0 Å². The third kappa shape index (κ3) is 6.35. The van der Waals surface area contributed by atoms with Gasteiger partial charge in [-0.1, -0.05) is 35.9 Å². The van der Waals surface area contributed by atoms with E-state index in [1.54, 1.807) is 36.4 Å². The fourth-order valence-electron chi connectivity index (χ4n) is 1.98. The third-order valence-electron chi connectivity index (χ3n) is 3.28. The van der Waals surface area contributed by atoms with E-state index < -0.39 is 5.91 Å². The number of methoxy groups -OCH3 is 1. The number of carbonyl (C=O) groups is 2. The lowest BCUT2D eigenvalue weighted by Crippen LogP contribution is -2.38. The summed E-state index contributed by atoms with van der Waals surface area (Å²) >= 11 is 5.80. The Kier molecular flexibility index (Phi) is 7.10. The quantitative estimate of drug-likeness (QED) is 0.754. The summed E-state index contributed by atoms with van der Waals surface area (Å²) in [5.41, 5.74) is 0.920. The Hall–Kier alpha value is -2.73. The van der Waals surface area contributed by atoms with Crippen molar-refractivity contribution in [2.75, 3.05) is 20.3 Å². The second kappa shape index (κ2) is 9.54. The Balaban J connectivity index is 1.68. The van der Waals surface area contributed by atoms with Crippen LogP contribution in [-0.2, 0) is 16.1 Å². The van der Waals surface area contributed by atoms with Crippen molar-refractivity contribution in [3.63, 3.8) is 0 Å². The van der Waals surface area contributed by atoms with Crippen LogP contribution in [0.5, 0.6) is 11.5 Å². The Bertz CT molecular complexity index is 719. The van der Waals surface area contributed by atoms with Gasteiger partial charge in [-0.25, -0.2) is 0 Å². The van der Waals surface area contributed by atoms with Crippen LogP contribution in [0.2, 0.25) is 5.02 Å². The minimum atomic E-state index is -0.396. The smallest absolute Gasteiger partial charge is 0.258 e. The van der Waals surface area contributed by atoms with Crippen LogP contribution in [-0.4, -0.2) is 32.1 Å². The highest BCUT2D eigenvalue weighted by molar-refractivity contribution is 6.30. The molecule has 0 spiro atoms. The standard InChI is InChI=1S/C18H19ClN2O4/c1-24-15-4-2-3-5-16(15)25-12-18(23)21-11-17(22)20-10-13-6-8-14(19)9-7-13/h2-9H,10-12H2,1H3,(H,20,22)(H,21,23). The van der Waals surface area contributed by atoms with Crippen molar-refractivity contribution in [1.29, 1.82) is 0 Å². The molecule has 2 aromatic carbocycles. The number of hydrogen-bond donors (Lipinski definition) is 2. The van der Waals surface area contributed by atoms with Crippen LogP contribution in [0, 0.1) is 0 Å². The molecule has 2 aromatic rings. The van der Waals surface area contributed by atoms with Gasteiger partial charge < -0.3 is 20.1 Å². The molecule has 0 saturated carbocycles. The zero-order valence-electron chi connectivity index (χ0n) is 13.8. The van der Waals surface area contributed by atoms with Gasteiger partial charge in [0.25, 0.3) is 5.91 Å². The van der Waals surface area contributed by atoms with Crippen LogP contribution in [0.25, 0.3) is 0 Å². The van der Waals surface area contributed by atoms with Crippen LogP contribution in [0.4, 0.5) is 0 Å². The van der Waals surface area contributed by atoms with Gasteiger partial charge in [-0.2, -0.15) is 0 Å². The maximum atomic E-state index is 11.8. The van der Waals surface area contributed by atoms with Gasteiger partial charge in [0.05, 0.1) is 13.7 Å². The lowest BCUT2D eigenvalue weighted by molar-refractivity contribution is -0.127. The number of halogens is 1. The number of carbonyl (C=O) groups excluding carboxylic acids is 2. The lowest BCUT2D eigenvalue weighted by atomic mass is 10.2. The average Bonchev–Trinajstić information content (AvgIpc) is 2.64. The number of amides is 2. The highest BCUT2D eigenvalue weighted by Crippen LogP contribution is 2.25. The largest absolute Gasteiger partial charge is 0.493 e. The first-order valence-electron chi connectivity index (χ1n) is 7.62. The summed E-state index contributed by atoms with van der Waals surface area (Å²) in [7, 11) is 1.52. The van der Waals surface area contributed by atoms with E-state index in [0.717, 1.165) is 5.56 Å². The zero-order chi connectivity index (χ0) is 18.1. The van der Waals surface area contributed by atoms with Crippen molar-refractivity contribution in [3.05, 3.63) is 59.1 Å². The normalized spacial score (nSPS) is 10.0. The Morgan fingerprint density at radius 1 is 0.960 bits per heavy atom. The molecule has 0 saturated heterocycles. The van der Waals surface area contributed by atoms with Gasteiger partial charge >= 0.3 is 0 Å². The molecule has 0 atom stereocenters. The van der Waals surface area contributed by atoms with Crippen molar-refractivity contribution in [1.82, 2.24) is 10.6 Å². The van der Waals surface area contributed by atoms with Crippen molar-refractivity contribution in [2.45, 2.75) is 6.54 Å². The first kappa shape index (κ1) is 18.6. The highest BCUT2D eigenvalue weighted by Gasteiger charge is 2.08. The molecule has 0 bridgehead atoms. The van der Waals surface area contributed by atoms with E-state index in [9.17, 15) is 9.59 Å². The molecule has 0 aliphatic rings. The first-order chi connectivity index (χ1) is 12.1. The van der Waals surface area contributed by atoms with Gasteiger partial charge in [0, 0.05) is 11.6 Å².